The molecule has 1 amide bonds. The van der Waals surface area contributed by atoms with E-state index in [4.69, 9.17) is 5.26 Å². The van der Waals surface area contributed by atoms with E-state index >= 15 is 0 Å². The highest BCUT2D eigenvalue weighted by Gasteiger charge is 2.30. The Balaban J connectivity index is 2.32. The molecule has 1 heterocycles. The Labute approximate surface area is 107 Å². The van der Waals surface area contributed by atoms with Gasteiger partial charge in [-0.15, -0.1) is 0 Å². The van der Waals surface area contributed by atoms with E-state index in [2.05, 4.69) is 22.0 Å². The number of halogens is 2. The molecule has 2 rings (SSSR count). The molecular formula is C12H10BrFN2O. The second-order valence-corrected chi connectivity index (χ2v) is 4.68. The highest BCUT2D eigenvalue weighted by Crippen LogP contribution is 2.25. The normalized spacial score (nSPS) is 19.1. The molecule has 0 bridgehead atoms. The molecular weight excluding hydrogens is 287 g/mol. The second kappa shape index (κ2) is 4.84. The van der Waals surface area contributed by atoms with Gasteiger partial charge in [-0.25, -0.2) is 4.39 Å². The SMILES string of the molecule is N#CC1CCCN1C(=O)c1cccc(F)c1Br. The summed E-state index contributed by atoms with van der Waals surface area (Å²) in [7, 11) is 0. The number of rotatable bonds is 1. The van der Waals surface area contributed by atoms with Crippen molar-refractivity contribution < 1.29 is 9.18 Å². The Morgan fingerprint density at radius 3 is 3.06 bits per heavy atom. The van der Waals surface area contributed by atoms with E-state index in [-0.39, 0.29) is 15.9 Å². The Morgan fingerprint density at radius 2 is 2.35 bits per heavy atom. The third-order valence-electron chi connectivity index (χ3n) is 2.84. The van der Waals surface area contributed by atoms with Crippen LogP contribution < -0.4 is 0 Å². The molecule has 1 fully saturated rings. The molecule has 1 saturated heterocycles. The summed E-state index contributed by atoms with van der Waals surface area (Å²) in [6, 6.07) is 6.04. The van der Waals surface area contributed by atoms with Crippen LogP contribution in [0.1, 0.15) is 23.2 Å². The fourth-order valence-electron chi connectivity index (χ4n) is 1.97. The Hall–Kier alpha value is -1.41. The van der Waals surface area contributed by atoms with E-state index in [9.17, 15) is 9.18 Å². The molecule has 0 aliphatic carbocycles. The van der Waals surface area contributed by atoms with Gasteiger partial charge in [0.05, 0.1) is 16.1 Å². The van der Waals surface area contributed by atoms with Crippen molar-refractivity contribution in [1.82, 2.24) is 4.90 Å². The molecule has 88 valence electrons. The van der Waals surface area contributed by atoms with Crippen LogP contribution in [0.15, 0.2) is 22.7 Å². The van der Waals surface area contributed by atoms with Crippen LogP contribution in [0.25, 0.3) is 0 Å². The Morgan fingerprint density at radius 1 is 1.59 bits per heavy atom. The average Bonchev–Trinajstić information content (AvgIpc) is 2.80. The van der Waals surface area contributed by atoms with Crippen molar-refractivity contribution in [2.75, 3.05) is 6.54 Å². The van der Waals surface area contributed by atoms with Crippen molar-refractivity contribution in [2.45, 2.75) is 18.9 Å². The minimum Gasteiger partial charge on any atom is -0.323 e. The van der Waals surface area contributed by atoms with Gasteiger partial charge in [0.2, 0.25) is 0 Å². The molecule has 1 aliphatic heterocycles. The topological polar surface area (TPSA) is 44.1 Å². The molecule has 1 unspecified atom stereocenters. The zero-order valence-electron chi connectivity index (χ0n) is 8.99. The molecule has 0 saturated carbocycles. The van der Waals surface area contributed by atoms with Crippen LogP contribution in [0.4, 0.5) is 4.39 Å². The third-order valence-corrected chi connectivity index (χ3v) is 3.65. The number of likely N-dealkylation sites (tertiary alicyclic amines) is 1. The maximum Gasteiger partial charge on any atom is 0.256 e. The highest BCUT2D eigenvalue weighted by molar-refractivity contribution is 9.10. The largest absolute Gasteiger partial charge is 0.323 e. The summed E-state index contributed by atoms with van der Waals surface area (Å²) in [5, 5.41) is 8.93. The zero-order valence-corrected chi connectivity index (χ0v) is 10.6. The van der Waals surface area contributed by atoms with Gasteiger partial charge in [0.15, 0.2) is 0 Å². The Kier molecular flexibility index (Phi) is 3.43. The van der Waals surface area contributed by atoms with Crippen LogP contribution in [0.3, 0.4) is 0 Å². The molecule has 0 aromatic heterocycles. The van der Waals surface area contributed by atoms with Gasteiger partial charge in [0.25, 0.3) is 5.91 Å². The molecule has 5 heteroatoms. The predicted octanol–water partition coefficient (Wildman–Crippen LogP) is 2.72. The average molecular weight is 297 g/mol. The molecule has 0 spiro atoms. The molecule has 1 aliphatic rings. The van der Waals surface area contributed by atoms with Gasteiger partial charge >= 0.3 is 0 Å². The van der Waals surface area contributed by atoms with Crippen molar-refractivity contribution in [2.24, 2.45) is 0 Å². The fraction of sp³-hybridized carbons (Fsp3) is 0.333. The number of hydrogen-bond acceptors (Lipinski definition) is 2. The van der Waals surface area contributed by atoms with Gasteiger partial charge in [0, 0.05) is 6.54 Å². The van der Waals surface area contributed by atoms with E-state index in [1.807, 2.05) is 0 Å². The fourth-order valence-corrected chi connectivity index (χ4v) is 2.40. The van der Waals surface area contributed by atoms with E-state index < -0.39 is 11.9 Å². The van der Waals surface area contributed by atoms with Gasteiger partial charge in [0.1, 0.15) is 11.9 Å². The summed E-state index contributed by atoms with van der Waals surface area (Å²) >= 11 is 3.06. The lowest BCUT2D eigenvalue weighted by Gasteiger charge is -2.20. The number of benzene rings is 1. The maximum absolute atomic E-state index is 13.3. The minimum atomic E-state index is -0.469. The van der Waals surface area contributed by atoms with Crippen molar-refractivity contribution in [3.05, 3.63) is 34.1 Å². The molecule has 0 radical (unpaired) electrons. The maximum atomic E-state index is 13.3. The van der Waals surface area contributed by atoms with Crippen LogP contribution in [-0.2, 0) is 0 Å². The highest BCUT2D eigenvalue weighted by atomic mass is 79.9. The van der Waals surface area contributed by atoms with Crippen LogP contribution in [0.5, 0.6) is 0 Å². The number of nitriles is 1. The summed E-state index contributed by atoms with van der Waals surface area (Å²) in [5.41, 5.74) is 0.271. The summed E-state index contributed by atoms with van der Waals surface area (Å²) in [6.07, 6.45) is 1.51. The third kappa shape index (κ3) is 2.18. The standard InChI is InChI=1S/C12H10BrFN2O/c13-11-9(4-1-5-10(11)14)12(17)16-6-2-3-8(16)7-15/h1,4-5,8H,2-3,6H2. The Bertz CT molecular complexity index is 498. The lowest BCUT2D eigenvalue weighted by molar-refractivity contribution is 0.0763. The van der Waals surface area contributed by atoms with Crippen LogP contribution in [-0.4, -0.2) is 23.4 Å². The van der Waals surface area contributed by atoms with Gasteiger partial charge < -0.3 is 4.90 Å². The van der Waals surface area contributed by atoms with Crippen LogP contribution in [0, 0.1) is 17.1 Å². The van der Waals surface area contributed by atoms with Crippen molar-refractivity contribution in [3.8, 4) is 6.07 Å². The first-order valence-electron chi connectivity index (χ1n) is 5.29. The first-order valence-corrected chi connectivity index (χ1v) is 6.09. The minimum absolute atomic E-state index is 0.161. The van der Waals surface area contributed by atoms with Gasteiger partial charge in [-0.05, 0) is 40.9 Å². The van der Waals surface area contributed by atoms with Crippen molar-refractivity contribution in [1.29, 1.82) is 5.26 Å². The molecule has 3 nitrogen and oxygen atoms in total. The summed E-state index contributed by atoms with van der Waals surface area (Å²) in [4.78, 5) is 13.7. The molecule has 1 atom stereocenters. The second-order valence-electron chi connectivity index (χ2n) is 3.89. The number of hydrogen-bond donors (Lipinski definition) is 0. The number of carbonyl (C=O) groups excluding carboxylic acids is 1. The number of nitrogens with zero attached hydrogens (tertiary/aromatic N) is 2. The molecule has 1 aromatic rings. The zero-order chi connectivity index (χ0) is 12.4. The van der Waals surface area contributed by atoms with Crippen molar-refractivity contribution in [3.63, 3.8) is 0 Å². The number of carbonyl (C=O) groups is 1. The van der Waals surface area contributed by atoms with E-state index in [1.54, 1.807) is 6.07 Å². The molecule has 17 heavy (non-hydrogen) atoms. The quantitative estimate of drug-likeness (QED) is 0.800. The van der Waals surface area contributed by atoms with E-state index in [0.29, 0.717) is 13.0 Å². The first-order chi connectivity index (χ1) is 8.15. The van der Waals surface area contributed by atoms with Crippen LogP contribution in [0.2, 0.25) is 0 Å². The van der Waals surface area contributed by atoms with E-state index in [1.165, 1.54) is 17.0 Å². The summed E-state index contributed by atoms with van der Waals surface area (Å²) in [6.45, 7) is 0.556. The molecule has 1 aromatic carbocycles. The monoisotopic (exact) mass is 296 g/mol. The summed E-state index contributed by atoms with van der Waals surface area (Å²) < 4.78 is 13.5. The number of amides is 1. The van der Waals surface area contributed by atoms with E-state index in [0.717, 1.165) is 6.42 Å². The first kappa shape index (κ1) is 12.1. The lowest BCUT2D eigenvalue weighted by atomic mass is 10.1. The summed E-state index contributed by atoms with van der Waals surface area (Å²) in [5.74, 6) is -0.760. The smallest absolute Gasteiger partial charge is 0.256 e. The lowest BCUT2D eigenvalue weighted by Crippen LogP contribution is -2.34. The van der Waals surface area contributed by atoms with Crippen molar-refractivity contribution >= 4 is 21.8 Å². The van der Waals surface area contributed by atoms with Gasteiger partial charge in [-0.1, -0.05) is 6.07 Å². The van der Waals surface area contributed by atoms with Gasteiger partial charge in [-0.2, -0.15) is 5.26 Å². The van der Waals surface area contributed by atoms with Gasteiger partial charge in [-0.3, -0.25) is 4.79 Å². The molecule has 0 N–H and O–H groups in total. The predicted molar refractivity (Wildman–Crippen MR) is 63.8 cm³/mol. The van der Waals surface area contributed by atoms with Crippen LogP contribution >= 0.6 is 15.9 Å².